The Morgan fingerprint density at radius 1 is 0.710 bits per heavy atom. The Labute approximate surface area is 360 Å². The average Bonchev–Trinajstić information content (AvgIpc) is 3.69. The maximum absolute atomic E-state index is 13.9. The van der Waals surface area contributed by atoms with Gasteiger partial charge in [0.05, 0.1) is 18.8 Å². The zero-order chi connectivity index (χ0) is 46.8. The van der Waals surface area contributed by atoms with Gasteiger partial charge < -0.3 is 63.0 Å². The number of nitrogens with zero attached hydrogens (tertiary/aromatic N) is 1. The number of hydrogen-bond donors (Lipinski definition) is 11. The molecule has 0 saturated carbocycles. The summed E-state index contributed by atoms with van der Waals surface area (Å²) in [7, 11) is 0. The van der Waals surface area contributed by atoms with E-state index in [0.29, 0.717) is 18.4 Å². The molecule has 9 atom stereocenters. The molecule has 0 aliphatic carbocycles. The first kappa shape index (κ1) is 52.5. The van der Waals surface area contributed by atoms with E-state index in [2.05, 4.69) is 31.9 Å². The van der Waals surface area contributed by atoms with Crippen LogP contribution in [0, 0.1) is 11.8 Å². The molecule has 0 radical (unpaired) electrons. The number of likely N-dealkylation sites (tertiary alicyclic amines) is 1. The SMILES string of the molecule is CC(C)C[C@H](NC(=O)[C@H](C)NC(=O)[C@@H](NC(=O)[C@H](CCC(=O)O)NC(=O)[C@H](Cc1ccccc1)NC(=O)[C@H](CO)NC(=O)[C@@H]1CCCN1C(=O)[C@@H](N)CC(C)C)[C@@H](C)O)C(=O)O. The third kappa shape index (κ3) is 17.0. The monoisotopic (exact) mass is 876 g/mol. The zero-order valence-electron chi connectivity index (χ0n) is 36.1. The van der Waals surface area contributed by atoms with Crippen LogP contribution in [0.2, 0.25) is 0 Å². The number of hydrogen-bond acceptors (Lipinski definition) is 12. The standard InChI is InChI=1S/C41H64N8O13/c1-21(2)17-26(42)40(60)49-16-10-13-31(49)38(58)47-30(20-50)37(57)45-28(19-25-11-8-7-9-12-25)36(56)44-27(14-15-32(52)53)35(55)48-33(24(6)51)39(59)43-23(5)34(54)46-29(41(61)62)18-22(3)4/h7-9,11-12,21-24,26-31,33,50-51H,10,13-20,42H2,1-6H3,(H,43,59)(H,44,56)(H,45,57)(H,46,54)(H,47,58)(H,48,55)(H,52,53)(H,61,62)/t23-,24+,26-,27-,28-,29-,30-,31-,33-/m0/s1. The van der Waals surface area contributed by atoms with Crippen molar-refractivity contribution < 1.29 is 63.6 Å². The average molecular weight is 877 g/mol. The van der Waals surface area contributed by atoms with Crippen molar-refractivity contribution in [3.8, 4) is 0 Å². The molecule has 62 heavy (non-hydrogen) atoms. The molecule has 0 spiro atoms. The fraction of sp³-hybridized carbons (Fsp3) is 0.634. The van der Waals surface area contributed by atoms with E-state index in [0.717, 1.165) is 6.92 Å². The Morgan fingerprint density at radius 3 is 1.82 bits per heavy atom. The zero-order valence-corrected chi connectivity index (χ0v) is 36.1. The van der Waals surface area contributed by atoms with Crippen molar-refractivity contribution >= 4 is 53.3 Å². The summed E-state index contributed by atoms with van der Waals surface area (Å²) in [6.07, 6.45) is -1.69. The normalized spacial score (nSPS) is 17.6. The topological polar surface area (TPSA) is 336 Å². The van der Waals surface area contributed by atoms with Crippen LogP contribution in [0.3, 0.4) is 0 Å². The number of amides is 7. The highest BCUT2D eigenvalue weighted by Gasteiger charge is 2.39. The molecule has 0 aromatic heterocycles. The van der Waals surface area contributed by atoms with E-state index < -0.39 is 127 Å². The summed E-state index contributed by atoms with van der Waals surface area (Å²) in [6.45, 7) is 9.07. The number of carbonyl (C=O) groups excluding carboxylic acids is 7. The Kier molecular flexibility index (Phi) is 21.4. The lowest BCUT2D eigenvalue weighted by atomic mass is 10.0. The van der Waals surface area contributed by atoms with Gasteiger partial charge in [-0.3, -0.25) is 38.4 Å². The third-order valence-electron chi connectivity index (χ3n) is 10.0. The summed E-state index contributed by atoms with van der Waals surface area (Å²) in [4.78, 5) is 118. The fourth-order valence-electron chi connectivity index (χ4n) is 6.74. The second-order valence-corrected chi connectivity index (χ2v) is 16.4. The van der Waals surface area contributed by atoms with Crippen LogP contribution in [0.1, 0.15) is 85.6 Å². The quantitative estimate of drug-likeness (QED) is 0.0501. The van der Waals surface area contributed by atoms with E-state index in [1.54, 1.807) is 44.2 Å². The van der Waals surface area contributed by atoms with Crippen LogP contribution in [-0.4, -0.2) is 146 Å². The number of nitrogens with two attached hydrogens (primary N) is 1. The Hall–Kier alpha value is -5.67. The Balaban J connectivity index is 2.29. The first-order valence-electron chi connectivity index (χ1n) is 20.7. The van der Waals surface area contributed by atoms with E-state index in [-0.39, 0.29) is 37.6 Å². The molecule has 7 amide bonds. The van der Waals surface area contributed by atoms with Gasteiger partial charge in [-0.05, 0) is 63.4 Å². The van der Waals surface area contributed by atoms with E-state index in [1.807, 2.05) is 13.8 Å². The number of aliphatic hydroxyl groups is 2. The van der Waals surface area contributed by atoms with Gasteiger partial charge in [-0.2, -0.15) is 0 Å². The van der Waals surface area contributed by atoms with Gasteiger partial charge in [0.2, 0.25) is 41.4 Å². The molecule has 21 nitrogen and oxygen atoms in total. The van der Waals surface area contributed by atoms with Gasteiger partial charge in [0.25, 0.3) is 0 Å². The molecule has 1 saturated heterocycles. The molecule has 1 fully saturated rings. The lowest BCUT2D eigenvalue weighted by molar-refractivity contribution is -0.143. The number of rotatable bonds is 25. The molecule has 2 rings (SSSR count). The van der Waals surface area contributed by atoms with Gasteiger partial charge >= 0.3 is 11.9 Å². The minimum atomic E-state index is -1.75. The van der Waals surface area contributed by atoms with Gasteiger partial charge in [0.1, 0.15) is 42.3 Å². The van der Waals surface area contributed by atoms with Crippen molar-refractivity contribution in [1.82, 2.24) is 36.8 Å². The van der Waals surface area contributed by atoms with Crippen molar-refractivity contribution in [3.05, 3.63) is 35.9 Å². The first-order valence-corrected chi connectivity index (χ1v) is 20.7. The highest BCUT2D eigenvalue weighted by molar-refractivity contribution is 5.98. The second kappa shape index (κ2) is 25.3. The molecule has 12 N–H and O–H groups in total. The fourth-order valence-corrected chi connectivity index (χ4v) is 6.74. The van der Waals surface area contributed by atoms with Crippen LogP contribution in [0.5, 0.6) is 0 Å². The van der Waals surface area contributed by atoms with E-state index >= 15 is 0 Å². The predicted octanol–water partition coefficient (Wildman–Crippen LogP) is -2.11. The molecule has 1 aromatic carbocycles. The maximum atomic E-state index is 13.9. The van der Waals surface area contributed by atoms with Crippen LogP contribution in [0.4, 0.5) is 0 Å². The number of aliphatic hydroxyl groups excluding tert-OH is 2. The minimum Gasteiger partial charge on any atom is -0.481 e. The minimum absolute atomic E-state index is 0.0901. The number of nitrogens with one attached hydrogen (secondary N) is 6. The number of carboxylic acid groups (broad SMARTS) is 2. The summed E-state index contributed by atoms with van der Waals surface area (Å²) in [6, 6.07) is -2.59. The van der Waals surface area contributed by atoms with Crippen molar-refractivity contribution in [2.45, 2.75) is 141 Å². The molecular weight excluding hydrogens is 812 g/mol. The van der Waals surface area contributed by atoms with Crippen LogP contribution < -0.4 is 37.6 Å². The molecule has 0 bridgehead atoms. The van der Waals surface area contributed by atoms with E-state index in [4.69, 9.17) is 5.73 Å². The van der Waals surface area contributed by atoms with E-state index in [1.165, 1.54) is 11.8 Å². The van der Waals surface area contributed by atoms with Gasteiger partial charge in [-0.25, -0.2) is 4.79 Å². The van der Waals surface area contributed by atoms with Crippen LogP contribution >= 0.6 is 0 Å². The molecule has 346 valence electrons. The summed E-state index contributed by atoms with van der Waals surface area (Å²) in [5, 5.41) is 53.8. The smallest absolute Gasteiger partial charge is 0.326 e. The molecule has 1 heterocycles. The van der Waals surface area contributed by atoms with Gasteiger partial charge in [-0.15, -0.1) is 0 Å². The number of benzene rings is 1. The summed E-state index contributed by atoms with van der Waals surface area (Å²) < 4.78 is 0. The largest absolute Gasteiger partial charge is 0.481 e. The third-order valence-corrected chi connectivity index (χ3v) is 10.0. The van der Waals surface area contributed by atoms with Crippen LogP contribution in [0.15, 0.2) is 30.3 Å². The van der Waals surface area contributed by atoms with Crippen LogP contribution in [0.25, 0.3) is 0 Å². The molecule has 21 heteroatoms. The first-order chi connectivity index (χ1) is 29.0. The summed E-state index contributed by atoms with van der Waals surface area (Å²) >= 11 is 0. The predicted molar refractivity (Wildman–Crippen MR) is 222 cm³/mol. The number of aliphatic carboxylic acids is 2. The number of carboxylic acids is 2. The van der Waals surface area contributed by atoms with Crippen molar-refractivity contribution in [1.29, 1.82) is 0 Å². The van der Waals surface area contributed by atoms with Gasteiger partial charge in [-0.1, -0.05) is 58.0 Å². The van der Waals surface area contributed by atoms with Gasteiger partial charge in [0, 0.05) is 19.4 Å². The van der Waals surface area contributed by atoms with Crippen molar-refractivity contribution in [2.75, 3.05) is 13.2 Å². The Bertz CT molecular complexity index is 1730. The number of carbonyl (C=O) groups is 9. The summed E-state index contributed by atoms with van der Waals surface area (Å²) in [5.41, 5.74) is 6.63. The maximum Gasteiger partial charge on any atom is 0.326 e. The van der Waals surface area contributed by atoms with Crippen molar-refractivity contribution in [2.24, 2.45) is 17.6 Å². The van der Waals surface area contributed by atoms with Crippen LogP contribution in [-0.2, 0) is 49.6 Å². The summed E-state index contributed by atoms with van der Waals surface area (Å²) in [5.74, 6) is -8.80. The Morgan fingerprint density at radius 2 is 1.27 bits per heavy atom. The lowest BCUT2D eigenvalue weighted by Gasteiger charge is -2.29. The molecule has 0 unspecified atom stereocenters. The lowest BCUT2D eigenvalue weighted by Crippen LogP contribution is -2.61. The second-order valence-electron chi connectivity index (χ2n) is 16.4. The molecule has 1 aliphatic heterocycles. The molecule has 1 aliphatic rings. The van der Waals surface area contributed by atoms with Gasteiger partial charge in [0.15, 0.2) is 0 Å². The molecule has 1 aromatic rings. The highest BCUT2D eigenvalue weighted by Crippen LogP contribution is 2.20. The highest BCUT2D eigenvalue weighted by atomic mass is 16.4. The van der Waals surface area contributed by atoms with E-state index in [9.17, 15) is 63.6 Å². The molecular formula is C41H64N8O13. The van der Waals surface area contributed by atoms with Crippen molar-refractivity contribution in [3.63, 3.8) is 0 Å².